The van der Waals surface area contributed by atoms with Gasteiger partial charge in [0.05, 0.1) is 40.4 Å². The molecule has 3 rings (SSSR count). The van der Waals surface area contributed by atoms with E-state index < -0.39 is 10.0 Å². The Bertz CT molecular complexity index is 821. The molecule has 2 aliphatic heterocycles. The van der Waals surface area contributed by atoms with Gasteiger partial charge in [0.2, 0.25) is 10.0 Å². The van der Waals surface area contributed by atoms with E-state index in [0.717, 1.165) is 24.4 Å². The number of likely N-dealkylation sites (tertiary alicyclic amines) is 1. The molecule has 2 aliphatic rings. The standard InChI is InChI=1S/C20H31N3O5S/c1-16-5-4-8-22(14-16)20(24)15-21-9-11-23(12-10-21)29(25,26)19-13-17(27-2)6-7-18(19)28-3/h6-7,13,16H,4-5,8-12,14-15H2,1-3H3/p+1/t16-/m1/s1. The molecule has 162 valence electrons. The number of benzene rings is 1. The highest BCUT2D eigenvalue weighted by Crippen LogP contribution is 2.30. The van der Waals surface area contributed by atoms with Gasteiger partial charge in [0, 0.05) is 19.2 Å². The monoisotopic (exact) mass is 426 g/mol. The maximum absolute atomic E-state index is 13.2. The topological polar surface area (TPSA) is 80.6 Å². The number of sulfonamides is 1. The molecule has 0 radical (unpaired) electrons. The lowest BCUT2D eigenvalue weighted by atomic mass is 10.0. The molecule has 2 fully saturated rings. The molecule has 1 N–H and O–H groups in total. The van der Waals surface area contributed by atoms with Gasteiger partial charge in [0.15, 0.2) is 6.54 Å². The number of nitrogens with one attached hydrogen (secondary N) is 1. The molecular formula is C20H32N3O5S+. The Morgan fingerprint density at radius 2 is 1.90 bits per heavy atom. The van der Waals surface area contributed by atoms with Crippen LogP contribution < -0.4 is 14.4 Å². The number of methoxy groups -OCH3 is 2. The first-order valence-electron chi connectivity index (χ1n) is 10.2. The summed E-state index contributed by atoms with van der Waals surface area (Å²) in [5, 5.41) is 0. The molecule has 1 aromatic carbocycles. The molecule has 1 atom stereocenters. The number of hydrogen-bond acceptors (Lipinski definition) is 5. The minimum Gasteiger partial charge on any atom is -0.497 e. The Morgan fingerprint density at radius 1 is 1.17 bits per heavy atom. The van der Waals surface area contributed by atoms with Gasteiger partial charge in [-0.25, -0.2) is 8.42 Å². The largest absolute Gasteiger partial charge is 0.497 e. The zero-order chi connectivity index (χ0) is 21.0. The molecule has 8 nitrogen and oxygen atoms in total. The predicted molar refractivity (Wildman–Crippen MR) is 109 cm³/mol. The van der Waals surface area contributed by atoms with Gasteiger partial charge in [-0.3, -0.25) is 4.79 Å². The summed E-state index contributed by atoms with van der Waals surface area (Å²) in [6.07, 6.45) is 2.25. The second-order valence-corrected chi connectivity index (χ2v) is 9.84. The van der Waals surface area contributed by atoms with Crippen LogP contribution in [0.3, 0.4) is 0 Å². The lowest BCUT2D eigenvalue weighted by Gasteiger charge is -2.34. The van der Waals surface area contributed by atoms with Crippen LogP contribution in [0.25, 0.3) is 0 Å². The highest BCUT2D eigenvalue weighted by Gasteiger charge is 2.34. The number of hydrogen-bond donors (Lipinski definition) is 1. The van der Waals surface area contributed by atoms with Gasteiger partial charge in [0.25, 0.3) is 5.91 Å². The van der Waals surface area contributed by atoms with E-state index in [2.05, 4.69) is 6.92 Å². The van der Waals surface area contributed by atoms with Crippen LogP contribution in [-0.4, -0.2) is 83.6 Å². The van der Waals surface area contributed by atoms with E-state index in [1.807, 2.05) is 4.90 Å². The number of carbonyl (C=O) groups is 1. The van der Waals surface area contributed by atoms with E-state index in [9.17, 15) is 13.2 Å². The molecule has 2 saturated heterocycles. The SMILES string of the molecule is COc1ccc(OC)c(S(=O)(=O)N2CC[NH+](CC(=O)N3CCC[C@@H](C)C3)CC2)c1. The Balaban J connectivity index is 1.62. The number of piperazine rings is 1. The molecule has 0 bridgehead atoms. The number of piperidine rings is 1. The third-order valence-electron chi connectivity index (χ3n) is 5.83. The maximum atomic E-state index is 13.2. The summed E-state index contributed by atoms with van der Waals surface area (Å²) in [6.45, 7) is 6.27. The summed E-state index contributed by atoms with van der Waals surface area (Å²) >= 11 is 0. The van der Waals surface area contributed by atoms with Crippen molar-refractivity contribution in [3.8, 4) is 11.5 Å². The van der Waals surface area contributed by atoms with Crippen LogP contribution in [0, 0.1) is 5.92 Å². The fourth-order valence-electron chi connectivity index (χ4n) is 4.09. The molecular weight excluding hydrogens is 394 g/mol. The molecule has 0 spiro atoms. The van der Waals surface area contributed by atoms with E-state index >= 15 is 0 Å². The van der Waals surface area contributed by atoms with Crippen LogP contribution in [0.4, 0.5) is 0 Å². The van der Waals surface area contributed by atoms with Gasteiger partial charge in [-0.15, -0.1) is 0 Å². The van der Waals surface area contributed by atoms with Gasteiger partial charge >= 0.3 is 0 Å². The molecule has 1 aromatic rings. The molecule has 0 aromatic heterocycles. The third-order valence-corrected chi connectivity index (χ3v) is 7.75. The van der Waals surface area contributed by atoms with Gasteiger partial charge < -0.3 is 19.3 Å². The van der Waals surface area contributed by atoms with E-state index in [1.54, 1.807) is 12.1 Å². The first kappa shape index (κ1) is 21.9. The van der Waals surface area contributed by atoms with Crippen molar-refractivity contribution >= 4 is 15.9 Å². The minimum atomic E-state index is -3.70. The Labute approximate surface area is 173 Å². The Morgan fingerprint density at radius 3 is 2.52 bits per heavy atom. The lowest BCUT2D eigenvalue weighted by Crippen LogP contribution is -3.15. The van der Waals surface area contributed by atoms with E-state index in [-0.39, 0.29) is 10.8 Å². The summed E-state index contributed by atoms with van der Waals surface area (Å²) in [5.41, 5.74) is 0. The average Bonchev–Trinajstić information content (AvgIpc) is 2.73. The summed E-state index contributed by atoms with van der Waals surface area (Å²) in [4.78, 5) is 15.8. The molecule has 2 heterocycles. The number of quaternary nitrogens is 1. The maximum Gasteiger partial charge on any atom is 0.277 e. The van der Waals surface area contributed by atoms with Crippen LogP contribution in [-0.2, 0) is 14.8 Å². The van der Waals surface area contributed by atoms with Crippen molar-refractivity contribution in [1.82, 2.24) is 9.21 Å². The van der Waals surface area contributed by atoms with Crippen molar-refractivity contribution in [2.45, 2.75) is 24.7 Å². The minimum absolute atomic E-state index is 0.112. The molecule has 1 amide bonds. The summed E-state index contributed by atoms with van der Waals surface area (Å²) in [5.74, 6) is 1.50. The first-order chi connectivity index (χ1) is 13.8. The Kier molecular flexibility index (Phi) is 7.02. The van der Waals surface area contributed by atoms with Crippen molar-refractivity contribution in [3.05, 3.63) is 18.2 Å². The summed E-state index contributed by atoms with van der Waals surface area (Å²) < 4.78 is 38.2. The van der Waals surface area contributed by atoms with Crippen molar-refractivity contribution in [3.63, 3.8) is 0 Å². The predicted octanol–water partition coefficient (Wildman–Crippen LogP) is -0.148. The number of nitrogens with zero attached hydrogens (tertiary/aromatic N) is 2. The third kappa shape index (κ3) is 5.02. The number of carbonyl (C=O) groups excluding carboxylic acids is 1. The second kappa shape index (κ2) is 9.32. The van der Waals surface area contributed by atoms with E-state index in [1.165, 1.54) is 31.0 Å². The fourth-order valence-corrected chi connectivity index (χ4v) is 5.70. The Hall–Kier alpha value is -1.84. The van der Waals surface area contributed by atoms with Gasteiger partial charge in [0.1, 0.15) is 16.4 Å². The summed E-state index contributed by atoms with van der Waals surface area (Å²) in [7, 11) is -0.743. The van der Waals surface area contributed by atoms with E-state index in [0.29, 0.717) is 50.1 Å². The van der Waals surface area contributed by atoms with Crippen LogP contribution >= 0.6 is 0 Å². The number of ether oxygens (including phenoxy) is 2. The fraction of sp³-hybridized carbons (Fsp3) is 0.650. The quantitative estimate of drug-likeness (QED) is 0.685. The highest BCUT2D eigenvalue weighted by atomic mass is 32.2. The van der Waals surface area contributed by atoms with E-state index in [4.69, 9.17) is 9.47 Å². The van der Waals surface area contributed by atoms with Crippen LogP contribution in [0.1, 0.15) is 19.8 Å². The van der Waals surface area contributed by atoms with Gasteiger partial charge in [-0.2, -0.15) is 4.31 Å². The average molecular weight is 427 g/mol. The summed E-state index contributed by atoms with van der Waals surface area (Å²) in [6, 6.07) is 4.77. The highest BCUT2D eigenvalue weighted by molar-refractivity contribution is 7.89. The van der Waals surface area contributed by atoms with Crippen LogP contribution in [0.5, 0.6) is 11.5 Å². The van der Waals surface area contributed by atoms with Crippen molar-refractivity contribution in [1.29, 1.82) is 0 Å². The van der Waals surface area contributed by atoms with Crippen LogP contribution in [0.15, 0.2) is 23.1 Å². The van der Waals surface area contributed by atoms with Gasteiger partial charge in [-0.1, -0.05) is 6.92 Å². The molecule has 9 heteroatoms. The lowest BCUT2D eigenvalue weighted by molar-refractivity contribution is -0.896. The zero-order valence-electron chi connectivity index (χ0n) is 17.5. The first-order valence-corrected chi connectivity index (χ1v) is 11.6. The van der Waals surface area contributed by atoms with Crippen molar-refractivity contribution in [2.24, 2.45) is 5.92 Å². The second-order valence-electron chi connectivity index (χ2n) is 7.93. The normalized spacial score (nSPS) is 21.8. The number of amides is 1. The molecule has 0 saturated carbocycles. The van der Waals surface area contributed by atoms with Crippen molar-refractivity contribution < 1.29 is 27.6 Å². The van der Waals surface area contributed by atoms with Gasteiger partial charge in [-0.05, 0) is 30.9 Å². The molecule has 0 aliphatic carbocycles. The smallest absolute Gasteiger partial charge is 0.277 e. The zero-order valence-corrected chi connectivity index (χ0v) is 18.3. The molecule has 29 heavy (non-hydrogen) atoms. The van der Waals surface area contributed by atoms with Crippen molar-refractivity contribution in [2.75, 3.05) is 60.0 Å². The molecule has 0 unspecified atom stereocenters. The number of rotatable bonds is 6. The van der Waals surface area contributed by atoms with Crippen LogP contribution in [0.2, 0.25) is 0 Å².